The molecule has 0 aliphatic heterocycles. The number of carbonyl (C=O) groups is 1. The first-order valence-electron chi connectivity index (χ1n) is 5.25. The maximum absolute atomic E-state index is 11.0. The van der Waals surface area contributed by atoms with Gasteiger partial charge < -0.3 is 14.4 Å². The van der Waals surface area contributed by atoms with Crippen LogP contribution in [-0.2, 0) is 6.61 Å². The SMILES string of the molecule is Cc1onc(C(=O)O)c1COc1ccc(Br)cc1Br. The number of benzene rings is 1. The second kappa shape index (κ2) is 5.75. The molecular weight excluding hydrogens is 382 g/mol. The first-order valence-corrected chi connectivity index (χ1v) is 6.84. The molecule has 1 heterocycles. The zero-order chi connectivity index (χ0) is 14.0. The molecule has 0 aliphatic rings. The fourth-order valence-electron chi connectivity index (χ4n) is 1.47. The summed E-state index contributed by atoms with van der Waals surface area (Å²) < 4.78 is 12.1. The van der Waals surface area contributed by atoms with Crippen LogP contribution in [-0.4, -0.2) is 16.2 Å². The van der Waals surface area contributed by atoms with Gasteiger partial charge in [0.05, 0.1) is 10.0 Å². The van der Waals surface area contributed by atoms with Crippen LogP contribution in [0.4, 0.5) is 0 Å². The monoisotopic (exact) mass is 389 g/mol. The van der Waals surface area contributed by atoms with Gasteiger partial charge in [-0.05, 0) is 41.1 Å². The number of aromatic carboxylic acids is 1. The van der Waals surface area contributed by atoms with Gasteiger partial charge in [-0.1, -0.05) is 21.1 Å². The van der Waals surface area contributed by atoms with Gasteiger partial charge in [0.25, 0.3) is 0 Å². The topological polar surface area (TPSA) is 72.6 Å². The van der Waals surface area contributed by atoms with E-state index < -0.39 is 5.97 Å². The summed E-state index contributed by atoms with van der Waals surface area (Å²) >= 11 is 6.71. The van der Waals surface area contributed by atoms with E-state index in [0.717, 1.165) is 8.95 Å². The van der Waals surface area contributed by atoms with E-state index in [0.29, 0.717) is 17.1 Å². The summed E-state index contributed by atoms with van der Waals surface area (Å²) in [6, 6.07) is 5.45. The maximum Gasteiger partial charge on any atom is 0.358 e. The number of carboxylic acid groups (broad SMARTS) is 1. The molecule has 1 N–H and O–H groups in total. The van der Waals surface area contributed by atoms with Crippen LogP contribution in [0.1, 0.15) is 21.8 Å². The van der Waals surface area contributed by atoms with Crippen molar-refractivity contribution in [1.82, 2.24) is 5.16 Å². The summed E-state index contributed by atoms with van der Waals surface area (Å²) in [5, 5.41) is 12.5. The van der Waals surface area contributed by atoms with E-state index in [-0.39, 0.29) is 12.3 Å². The number of rotatable bonds is 4. The highest BCUT2D eigenvalue weighted by molar-refractivity contribution is 9.11. The zero-order valence-electron chi connectivity index (χ0n) is 9.81. The molecule has 100 valence electrons. The van der Waals surface area contributed by atoms with E-state index in [2.05, 4.69) is 37.0 Å². The van der Waals surface area contributed by atoms with Crippen LogP contribution in [0.25, 0.3) is 0 Å². The zero-order valence-corrected chi connectivity index (χ0v) is 13.0. The van der Waals surface area contributed by atoms with Crippen molar-refractivity contribution in [1.29, 1.82) is 0 Å². The second-order valence-corrected chi connectivity index (χ2v) is 5.50. The molecule has 19 heavy (non-hydrogen) atoms. The van der Waals surface area contributed by atoms with Crippen molar-refractivity contribution >= 4 is 37.8 Å². The summed E-state index contributed by atoms with van der Waals surface area (Å²) in [5.74, 6) is -0.0869. The molecule has 0 radical (unpaired) electrons. The summed E-state index contributed by atoms with van der Waals surface area (Å²) in [6.07, 6.45) is 0. The van der Waals surface area contributed by atoms with Gasteiger partial charge in [0.2, 0.25) is 0 Å². The Balaban J connectivity index is 2.19. The van der Waals surface area contributed by atoms with Crippen LogP contribution in [0.3, 0.4) is 0 Å². The molecule has 0 aliphatic carbocycles. The van der Waals surface area contributed by atoms with Crippen LogP contribution in [0.2, 0.25) is 0 Å². The average molecular weight is 391 g/mol. The molecule has 0 spiro atoms. The largest absolute Gasteiger partial charge is 0.488 e. The third-order valence-electron chi connectivity index (χ3n) is 2.45. The highest BCUT2D eigenvalue weighted by Crippen LogP contribution is 2.29. The van der Waals surface area contributed by atoms with Crippen molar-refractivity contribution in [2.45, 2.75) is 13.5 Å². The van der Waals surface area contributed by atoms with Crippen molar-refractivity contribution in [3.8, 4) is 5.75 Å². The summed E-state index contributed by atoms with van der Waals surface area (Å²) in [6.45, 7) is 1.73. The van der Waals surface area contributed by atoms with Crippen molar-refractivity contribution in [2.24, 2.45) is 0 Å². The molecule has 1 aromatic carbocycles. The quantitative estimate of drug-likeness (QED) is 0.859. The molecule has 0 saturated heterocycles. The van der Waals surface area contributed by atoms with Crippen LogP contribution >= 0.6 is 31.9 Å². The smallest absolute Gasteiger partial charge is 0.358 e. The van der Waals surface area contributed by atoms with Crippen molar-refractivity contribution in [2.75, 3.05) is 0 Å². The summed E-state index contributed by atoms with van der Waals surface area (Å²) in [4.78, 5) is 11.0. The molecule has 0 bridgehead atoms. The first-order chi connectivity index (χ1) is 8.99. The number of hydrogen-bond donors (Lipinski definition) is 1. The first kappa shape index (κ1) is 14.1. The van der Waals surface area contributed by atoms with Crippen LogP contribution in [0, 0.1) is 6.92 Å². The molecule has 1 aromatic heterocycles. The van der Waals surface area contributed by atoms with Gasteiger partial charge in [-0.25, -0.2) is 4.79 Å². The minimum Gasteiger partial charge on any atom is -0.488 e. The predicted molar refractivity (Wildman–Crippen MR) is 74.4 cm³/mol. The van der Waals surface area contributed by atoms with Gasteiger partial charge in [-0.3, -0.25) is 0 Å². The Morgan fingerprint density at radius 1 is 1.47 bits per heavy atom. The van der Waals surface area contributed by atoms with E-state index in [1.165, 1.54) is 0 Å². The lowest BCUT2D eigenvalue weighted by atomic mass is 10.2. The Bertz CT molecular complexity index is 624. The van der Waals surface area contributed by atoms with Crippen LogP contribution in [0.5, 0.6) is 5.75 Å². The highest BCUT2D eigenvalue weighted by atomic mass is 79.9. The van der Waals surface area contributed by atoms with Crippen molar-refractivity contribution < 1.29 is 19.2 Å². The number of aryl methyl sites for hydroxylation is 1. The lowest BCUT2D eigenvalue weighted by Crippen LogP contribution is -2.05. The number of aromatic nitrogens is 1. The lowest BCUT2D eigenvalue weighted by Gasteiger charge is -2.08. The molecule has 0 saturated carbocycles. The van der Waals surface area contributed by atoms with Gasteiger partial charge in [0.1, 0.15) is 18.1 Å². The Labute approximate surface area is 125 Å². The molecular formula is C12H9Br2NO4. The van der Waals surface area contributed by atoms with Gasteiger partial charge in [-0.15, -0.1) is 0 Å². The fraction of sp³-hybridized carbons (Fsp3) is 0.167. The molecule has 0 unspecified atom stereocenters. The molecule has 7 heteroatoms. The van der Waals surface area contributed by atoms with Crippen LogP contribution in [0.15, 0.2) is 31.7 Å². The van der Waals surface area contributed by atoms with E-state index in [9.17, 15) is 4.79 Å². The molecule has 5 nitrogen and oxygen atoms in total. The Morgan fingerprint density at radius 3 is 2.84 bits per heavy atom. The second-order valence-electron chi connectivity index (χ2n) is 3.73. The summed E-state index contributed by atoms with van der Waals surface area (Å²) in [7, 11) is 0. The fourth-order valence-corrected chi connectivity index (χ4v) is 2.63. The lowest BCUT2D eigenvalue weighted by molar-refractivity contribution is 0.0683. The Kier molecular flexibility index (Phi) is 4.26. The van der Waals surface area contributed by atoms with Gasteiger partial charge >= 0.3 is 5.97 Å². The molecule has 0 amide bonds. The van der Waals surface area contributed by atoms with Crippen LogP contribution < -0.4 is 4.74 Å². The number of halogens is 2. The van der Waals surface area contributed by atoms with Crippen molar-refractivity contribution in [3.05, 3.63) is 44.2 Å². The Hall–Kier alpha value is -1.34. The van der Waals surface area contributed by atoms with E-state index in [1.807, 2.05) is 12.1 Å². The average Bonchev–Trinajstić information content (AvgIpc) is 2.70. The van der Waals surface area contributed by atoms with E-state index in [4.69, 9.17) is 14.4 Å². The number of carboxylic acids is 1. The number of ether oxygens (including phenoxy) is 1. The minimum atomic E-state index is -1.13. The normalized spacial score (nSPS) is 10.5. The van der Waals surface area contributed by atoms with Crippen molar-refractivity contribution in [3.63, 3.8) is 0 Å². The number of hydrogen-bond acceptors (Lipinski definition) is 4. The van der Waals surface area contributed by atoms with Gasteiger partial charge in [0, 0.05) is 4.47 Å². The minimum absolute atomic E-state index is 0.0806. The summed E-state index contributed by atoms with van der Waals surface area (Å²) in [5.41, 5.74) is 0.313. The third kappa shape index (κ3) is 3.16. The maximum atomic E-state index is 11.0. The number of nitrogens with zero attached hydrogens (tertiary/aromatic N) is 1. The standard InChI is InChI=1S/C12H9Br2NO4/c1-6-8(11(12(16)17)15-19-6)5-18-10-3-2-7(13)4-9(10)14/h2-4H,5H2,1H3,(H,16,17). The third-order valence-corrected chi connectivity index (χ3v) is 3.57. The molecule has 2 aromatic rings. The Morgan fingerprint density at radius 2 is 2.21 bits per heavy atom. The van der Waals surface area contributed by atoms with Gasteiger partial charge in [-0.2, -0.15) is 0 Å². The van der Waals surface area contributed by atoms with E-state index in [1.54, 1.807) is 13.0 Å². The molecule has 0 atom stereocenters. The predicted octanol–water partition coefficient (Wildman–Crippen LogP) is 3.79. The highest BCUT2D eigenvalue weighted by Gasteiger charge is 2.19. The molecule has 2 rings (SSSR count). The molecule has 0 fully saturated rings. The van der Waals surface area contributed by atoms with Gasteiger partial charge in [0.15, 0.2) is 5.69 Å². The van der Waals surface area contributed by atoms with E-state index >= 15 is 0 Å².